The van der Waals surface area contributed by atoms with Crippen molar-refractivity contribution in [3.8, 4) is 0 Å². The Labute approximate surface area is 94.4 Å². The third-order valence-corrected chi connectivity index (χ3v) is 2.63. The third-order valence-electron chi connectivity index (χ3n) is 2.63. The fourth-order valence-corrected chi connectivity index (χ4v) is 1.71. The highest BCUT2D eigenvalue weighted by atomic mass is 16.3. The molecule has 0 spiro atoms. The molecule has 0 unspecified atom stereocenters. The minimum absolute atomic E-state index is 0.0263. The van der Waals surface area contributed by atoms with Crippen LogP contribution in [0.3, 0.4) is 0 Å². The lowest BCUT2D eigenvalue weighted by molar-refractivity contribution is 0.301. The Balaban J connectivity index is 2.22. The summed E-state index contributed by atoms with van der Waals surface area (Å²) >= 11 is 0. The molecule has 1 aromatic rings. The van der Waals surface area contributed by atoms with Crippen LogP contribution in [0.5, 0.6) is 0 Å². The molecule has 1 fully saturated rings. The van der Waals surface area contributed by atoms with Gasteiger partial charge >= 0.3 is 0 Å². The number of pyridine rings is 1. The van der Waals surface area contributed by atoms with E-state index in [-0.39, 0.29) is 12.4 Å². The van der Waals surface area contributed by atoms with Crippen molar-refractivity contribution in [1.82, 2.24) is 4.98 Å². The van der Waals surface area contributed by atoms with Crippen LogP contribution in [0.2, 0.25) is 0 Å². The first kappa shape index (κ1) is 10.9. The topological polar surface area (TPSA) is 86.2 Å². The van der Waals surface area contributed by atoms with Crippen LogP contribution in [0.15, 0.2) is 18.2 Å². The second kappa shape index (κ2) is 4.49. The molecule has 0 aromatic carbocycles. The van der Waals surface area contributed by atoms with Crippen LogP contribution >= 0.6 is 0 Å². The van der Waals surface area contributed by atoms with E-state index in [4.69, 9.17) is 16.2 Å². The van der Waals surface area contributed by atoms with Gasteiger partial charge in [-0.25, -0.2) is 4.98 Å². The fraction of sp³-hybridized carbons (Fsp3) is 0.455. The number of nitrogens with one attached hydrogen (secondary N) is 1. The van der Waals surface area contributed by atoms with Gasteiger partial charge < -0.3 is 15.7 Å². The van der Waals surface area contributed by atoms with Crippen LogP contribution < -0.4 is 10.6 Å². The van der Waals surface area contributed by atoms with Gasteiger partial charge in [-0.05, 0) is 25.0 Å². The van der Waals surface area contributed by atoms with Crippen LogP contribution in [0.25, 0.3) is 0 Å². The van der Waals surface area contributed by atoms with Crippen molar-refractivity contribution in [2.75, 3.05) is 18.1 Å². The molecule has 0 bridgehead atoms. The standard InChI is InChI=1S/C11H16N4O/c12-11(13)9-2-1-3-10(14-9)15(6-7-16)8-4-5-8/h1-3,8,16H,4-7H2,(H3,12,13). The summed E-state index contributed by atoms with van der Waals surface area (Å²) < 4.78 is 0. The molecule has 0 radical (unpaired) electrons. The minimum atomic E-state index is -0.0263. The van der Waals surface area contributed by atoms with Gasteiger partial charge in [-0.3, -0.25) is 5.41 Å². The lowest BCUT2D eigenvalue weighted by Crippen LogP contribution is -2.30. The molecule has 5 heteroatoms. The maximum Gasteiger partial charge on any atom is 0.141 e. The molecule has 16 heavy (non-hydrogen) atoms. The summed E-state index contributed by atoms with van der Waals surface area (Å²) in [6.45, 7) is 0.696. The highest BCUT2D eigenvalue weighted by Gasteiger charge is 2.29. The van der Waals surface area contributed by atoms with Crippen LogP contribution in [-0.4, -0.2) is 35.1 Å². The number of aliphatic hydroxyl groups is 1. The van der Waals surface area contributed by atoms with E-state index in [1.54, 1.807) is 6.07 Å². The number of nitrogens with zero attached hydrogens (tertiary/aromatic N) is 2. The average molecular weight is 220 g/mol. The Morgan fingerprint density at radius 3 is 2.88 bits per heavy atom. The summed E-state index contributed by atoms with van der Waals surface area (Å²) in [4.78, 5) is 6.39. The predicted molar refractivity (Wildman–Crippen MR) is 62.7 cm³/mol. The van der Waals surface area contributed by atoms with Crippen molar-refractivity contribution < 1.29 is 5.11 Å². The van der Waals surface area contributed by atoms with Gasteiger partial charge in [0.15, 0.2) is 0 Å². The van der Waals surface area contributed by atoms with E-state index in [2.05, 4.69) is 9.88 Å². The number of rotatable bonds is 5. The molecule has 0 aliphatic heterocycles. The molecule has 0 saturated heterocycles. The lowest BCUT2D eigenvalue weighted by atomic mass is 10.3. The zero-order chi connectivity index (χ0) is 11.5. The number of hydrogen-bond donors (Lipinski definition) is 3. The first-order valence-electron chi connectivity index (χ1n) is 5.41. The Morgan fingerprint density at radius 1 is 1.56 bits per heavy atom. The van der Waals surface area contributed by atoms with E-state index in [1.165, 1.54) is 0 Å². The third kappa shape index (κ3) is 2.30. The number of amidine groups is 1. The Kier molecular flexibility index (Phi) is 3.05. The van der Waals surface area contributed by atoms with Gasteiger partial charge in [0.1, 0.15) is 17.3 Å². The van der Waals surface area contributed by atoms with Crippen molar-refractivity contribution >= 4 is 11.7 Å². The van der Waals surface area contributed by atoms with Gasteiger partial charge in [-0.1, -0.05) is 6.07 Å². The molecule has 1 aliphatic rings. The number of nitrogens with two attached hydrogens (primary N) is 1. The molecule has 4 N–H and O–H groups in total. The van der Waals surface area contributed by atoms with Crippen molar-refractivity contribution in [3.05, 3.63) is 23.9 Å². The quantitative estimate of drug-likeness (QED) is 0.493. The number of anilines is 1. The largest absolute Gasteiger partial charge is 0.395 e. The molecular formula is C11H16N4O. The molecule has 0 atom stereocenters. The summed E-state index contributed by atoms with van der Waals surface area (Å²) in [6, 6.07) is 5.93. The second-order valence-electron chi connectivity index (χ2n) is 3.94. The van der Waals surface area contributed by atoms with E-state index < -0.39 is 0 Å². The predicted octanol–water partition coefficient (Wildman–Crippen LogP) is 0.327. The molecule has 1 heterocycles. The first-order valence-corrected chi connectivity index (χ1v) is 5.41. The van der Waals surface area contributed by atoms with Crippen molar-refractivity contribution in [3.63, 3.8) is 0 Å². The molecular weight excluding hydrogens is 204 g/mol. The average Bonchev–Trinajstić information content (AvgIpc) is 3.10. The lowest BCUT2D eigenvalue weighted by Gasteiger charge is -2.22. The summed E-state index contributed by atoms with van der Waals surface area (Å²) in [5.41, 5.74) is 5.89. The van der Waals surface area contributed by atoms with E-state index in [1.807, 2.05) is 12.1 Å². The minimum Gasteiger partial charge on any atom is -0.395 e. The van der Waals surface area contributed by atoms with E-state index >= 15 is 0 Å². The number of nitrogen functional groups attached to an aromatic ring is 1. The van der Waals surface area contributed by atoms with E-state index in [0.29, 0.717) is 18.3 Å². The molecule has 86 valence electrons. The van der Waals surface area contributed by atoms with Crippen molar-refractivity contribution in [2.45, 2.75) is 18.9 Å². The van der Waals surface area contributed by atoms with Gasteiger partial charge in [0.05, 0.1) is 6.61 Å². The smallest absolute Gasteiger partial charge is 0.141 e. The summed E-state index contributed by atoms with van der Waals surface area (Å²) in [7, 11) is 0. The highest BCUT2D eigenvalue weighted by Crippen LogP contribution is 2.30. The number of hydrogen-bond acceptors (Lipinski definition) is 4. The van der Waals surface area contributed by atoms with Gasteiger partial charge in [-0.2, -0.15) is 0 Å². The monoisotopic (exact) mass is 220 g/mol. The summed E-state index contributed by atoms with van der Waals surface area (Å²) in [5, 5.41) is 16.4. The van der Waals surface area contributed by atoms with Crippen LogP contribution in [0.4, 0.5) is 5.82 Å². The van der Waals surface area contributed by atoms with Gasteiger partial charge in [0, 0.05) is 12.6 Å². The normalized spacial score (nSPS) is 14.8. The van der Waals surface area contributed by atoms with Crippen molar-refractivity contribution in [2.24, 2.45) is 5.73 Å². The Bertz CT molecular complexity index is 389. The Morgan fingerprint density at radius 2 is 2.31 bits per heavy atom. The number of aromatic nitrogens is 1. The maximum absolute atomic E-state index is 9.02. The molecule has 1 aliphatic carbocycles. The molecule has 0 amide bonds. The zero-order valence-corrected chi connectivity index (χ0v) is 9.06. The fourth-order valence-electron chi connectivity index (χ4n) is 1.71. The van der Waals surface area contributed by atoms with Crippen LogP contribution in [-0.2, 0) is 0 Å². The molecule has 2 rings (SSSR count). The van der Waals surface area contributed by atoms with E-state index in [0.717, 1.165) is 18.7 Å². The van der Waals surface area contributed by atoms with Gasteiger partial charge in [-0.15, -0.1) is 0 Å². The number of aliphatic hydroxyl groups excluding tert-OH is 1. The van der Waals surface area contributed by atoms with Crippen molar-refractivity contribution in [1.29, 1.82) is 5.41 Å². The first-order chi connectivity index (χ1) is 7.72. The van der Waals surface area contributed by atoms with Gasteiger partial charge in [0.25, 0.3) is 0 Å². The highest BCUT2D eigenvalue weighted by molar-refractivity contribution is 5.93. The van der Waals surface area contributed by atoms with Gasteiger partial charge in [0.2, 0.25) is 0 Å². The summed E-state index contributed by atoms with van der Waals surface area (Å²) in [6.07, 6.45) is 2.29. The van der Waals surface area contributed by atoms with Crippen LogP contribution in [0.1, 0.15) is 18.5 Å². The SMILES string of the molecule is N=C(N)c1cccc(N(CCO)C2CC2)n1. The maximum atomic E-state index is 9.02. The second-order valence-corrected chi connectivity index (χ2v) is 3.94. The molecule has 1 aromatic heterocycles. The van der Waals surface area contributed by atoms with E-state index in [9.17, 15) is 0 Å². The molecule has 1 saturated carbocycles. The zero-order valence-electron chi connectivity index (χ0n) is 9.06. The molecule has 5 nitrogen and oxygen atoms in total. The summed E-state index contributed by atoms with van der Waals surface area (Å²) in [5.74, 6) is 0.769. The Hall–Kier alpha value is -1.62. The van der Waals surface area contributed by atoms with Crippen LogP contribution in [0, 0.1) is 5.41 Å².